The fourth-order valence-corrected chi connectivity index (χ4v) is 2.97. The minimum atomic E-state index is -0.399. The second-order valence-corrected chi connectivity index (χ2v) is 5.31. The average molecular weight is 268 g/mol. The Morgan fingerprint density at radius 2 is 2.11 bits per heavy atom. The highest BCUT2D eigenvalue weighted by atomic mass is 19.1. The third-order valence-corrected chi connectivity index (χ3v) is 3.82. The Bertz CT molecular complexity index is 423. The Morgan fingerprint density at radius 3 is 2.84 bits per heavy atom. The Kier molecular flexibility index (Phi) is 4.88. The third-order valence-electron chi connectivity index (χ3n) is 3.82. The lowest BCUT2D eigenvalue weighted by molar-refractivity contribution is 0.181. The van der Waals surface area contributed by atoms with Crippen LogP contribution in [0, 0.1) is 11.6 Å². The van der Waals surface area contributed by atoms with E-state index in [0.717, 1.165) is 44.8 Å². The van der Waals surface area contributed by atoms with E-state index in [0.29, 0.717) is 5.56 Å². The zero-order chi connectivity index (χ0) is 13.8. The zero-order valence-electron chi connectivity index (χ0n) is 11.4. The molecule has 1 aliphatic heterocycles. The van der Waals surface area contributed by atoms with Crippen molar-refractivity contribution in [1.82, 2.24) is 4.90 Å². The zero-order valence-corrected chi connectivity index (χ0v) is 11.4. The van der Waals surface area contributed by atoms with E-state index >= 15 is 0 Å². The van der Waals surface area contributed by atoms with Crippen LogP contribution in [0.1, 0.15) is 44.2 Å². The number of nitrogens with two attached hydrogens (primary N) is 1. The highest BCUT2D eigenvalue weighted by Gasteiger charge is 2.30. The quantitative estimate of drug-likeness (QED) is 0.912. The van der Waals surface area contributed by atoms with Crippen LogP contribution in [0.15, 0.2) is 18.2 Å². The molecule has 1 heterocycles. The summed E-state index contributed by atoms with van der Waals surface area (Å²) in [6.07, 6.45) is 3.97. The van der Waals surface area contributed by atoms with Crippen molar-refractivity contribution in [3.63, 3.8) is 0 Å². The molecule has 2 unspecified atom stereocenters. The molecule has 2 N–H and O–H groups in total. The summed E-state index contributed by atoms with van der Waals surface area (Å²) in [6, 6.07) is 3.31. The lowest BCUT2D eigenvalue weighted by Gasteiger charge is -2.33. The summed E-state index contributed by atoms with van der Waals surface area (Å²) in [7, 11) is 0. The molecule has 1 aliphatic rings. The summed E-state index contributed by atoms with van der Waals surface area (Å²) in [5.74, 6) is -0.755. The summed E-state index contributed by atoms with van der Waals surface area (Å²) >= 11 is 0. The second kappa shape index (κ2) is 6.44. The van der Waals surface area contributed by atoms with Crippen LogP contribution in [0.3, 0.4) is 0 Å². The Morgan fingerprint density at radius 1 is 1.32 bits per heavy atom. The minimum Gasteiger partial charge on any atom is -0.326 e. The molecule has 0 aliphatic carbocycles. The van der Waals surface area contributed by atoms with E-state index in [1.54, 1.807) is 0 Å². The molecule has 1 aromatic rings. The van der Waals surface area contributed by atoms with Gasteiger partial charge in [-0.3, -0.25) is 4.90 Å². The van der Waals surface area contributed by atoms with E-state index in [-0.39, 0.29) is 17.9 Å². The molecule has 19 heavy (non-hydrogen) atoms. The van der Waals surface area contributed by atoms with Crippen molar-refractivity contribution < 1.29 is 8.78 Å². The molecule has 1 fully saturated rings. The van der Waals surface area contributed by atoms with Crippen LogP contribution >= 0.6 is 0 Å². The van der Waals surface area contributed by atoms with Gasteiger partial charge in [-0.2, -0.15) is 0 Å². The van der Waals surface area contributed by atoms with Gasteiger partial charge in [-0.25, -0.2) is 8.78 Å². The van der Waals surface area contributed by atoms with Crippen molar-refractivity contribution in [3.8, 4) is 0 Å². The number of halogens is 2. The van der Waals surface area contributed by atoms with E-state index < -0.39 is 5.82 Å². The first-order valence-corrected chi connectivity index (χ1v) is 7.08. The minimum absolute atomic E-state index is 0.134. The van der Waals surface area contributed by atoms with Crippen molar-refractivity contribution in [2.24, 2.45) is 5.73 Å². The smallest absolute Gasteiger partial charge is 0.128 e. The van der Waals surface area contributed by atoms with Crippen LogP contribution in [-0.4, -0.2) is 24.0 Å². The van der Waals surface area contributed by atoms with Gasteiger partial charge in [-0.15, -0.1) is 0 Å². The van der Waals surface area contributed by atoms with Crippen LogP contribution in [0.5, 0.6) is 0 Å². The van der Waals surface area contributed by atoms with Crippen LogP contribution in [0.4, 0.5) is 8.78 Å². The summed E-state index contributed by atoms with van der Waals surface area (Å²) in [5, 5.41) is 0. The van der Waals surface area contributed by atoms with Gasteiger partial charge < -0.3 is 5.73 Å². The van der Waals surface area contributed by atoms with E-state index in [4.69, 9.17) is 5.73 Å². The topological polar surface area (TPSA) is 29.3 Å². The molecule has 0 radical (unpaired) electrons. The average Bonchev–Trinajstić information content (AvgIpc) is 2.55. The van der Waals surface area contributed by atoms with Crippen LogP contribution in [0.25, 0.3) is 0 Å². The molecule has 0 spiro atoms. The predicted molar refractivity (Wildman–Crippen MR) is 72.8 cm³/mol. The van der Waals surface area contributed by atoms with E-state index in [2.05, 4.69) is 11.8 Å². The third kappa shape index (κ3) is 3.31. The van der Waals surface area contributed by atoms with Gasteiger partial charge in [0.1, 0.15) is 11.6 Å². The normalized spacial score (nSPS) is 25.3. The van der Waals surface area contributed by atoms with Gasteiger partial charge in [0, 0.05) is 11.6 Å². The van der Waals surface area contributed by atoms with Crippen LogP contribution in [-0.2, 0) is 0 Å². The van der Waals surface area contributed by atoms with Crippen molar-refractivity contribution >= 4 is 0 Å². The molecule has 1 aromatic carbocycles. The van der Waals surface area contributed by atoms with E-state index in [1.165, 1.54) is 12.1 Å². The largest absolute Gasteiger partial charge is 0.326 e. The number of nitrogens with zero attached hydrogens (tertiary/aromatic N) is 1. The number of likely N-dealkylation sites (tertiary alicyclic amines) is 1. The molecule has 106 valence electrons. The fourth-order valence-electron chi connectivity index (χ4n) is 2.97. The van der Waals surface area contributed by atoms with Crippen molar-refractivity contribution in [2.45, 2.75) is 44.7 Å². The van der Waals surface area contributed by atoms with E-state index in [1.807, 2.05) is 0 Å². The molecule has 1 saturated heterocycles. The molecule has 0 bridgehead atoms. The lowest BCUT2D eigenvalue weighted by Crippen LogP contribution is -2.40. The molecule has 0 saturated carbocycles. The summed E-state index contributed by atoms with van der Waals surface area (Å²) in [5.41, 5.74) is 6.63. The molecule has 2 rings (SSSR count). The summed E-state index contributed by atoms with van der Waals surface area (Å²) in [6.45, 7) is 3.87. The molecule has 0 amide bonds. The van der Waals surface area contributed by atoms with Gasteiger partial charge in [-0.1, -0.05) is 13.3 Å². The van der Waals surface area contributed by atoms with E-state index in [9.17, 15) is 8.78 Å². The first kappa shape index (κ1) is 14.4. The number of rotatable bonds is 3. The van der Waals surface area contributed by atoms with Gasteiger partial charge in [-0.05, 0) is 50.6 Å². The van der Waals surface area contributed by atoms with Crippen LogP contribution < -0.4 is 5.73 Å². The van der Waals surface area contributed by atoms with Crippen LogP contribution in [0.2, 0.25) is 0 Å². The Hall–Kier alpha value is -1.00. The summed E-state index contributed by atoms with van der Waals surface area (Å²) in [4.78, 5) is 2.20. The summed E-state index contributed by atoms with van der Waals surface area (Å²) < 4.78 is 27.4. The second-order valence-electron chi connectivity index (χ2n) is 5.31. The van der Waals surface area contributed by atoms with Crippen molar-refractivity contribution in [2.75, 3.05) is 13.1 Å². The number of hydrogen-bond donors (Lipinski definition) is 1. The molecule has 2 atom stereocenters. The van der Waals surface area contributed by atoms with Gasteiger partial charge in [0.05, 0.1) is 6.04 Å². The molecule has 2 nitrogen and oxygen atoms in total. The molecule has 4 heteroatoms. The highest BCUT2D eigenvalue weighted by Crippen LogP contribution is 2.31. The van der Waals surface area contributed by atoms with Crippen molar-refractivity contribution in [1.29, 1.82) is 0 Å². The first-order chi connectivity index (χ1) is 9.13. The van der Waals surface area contributed by atoms with Gasteiger partial charge in [0.2, 0.25) is 0 Å². The fraction of sp³-hybridized carbons (Fsp3) is 0.600. The highest BCUT2D eigenvalue weighted by molar-refractivity contribution is 5.24. The van der Waals surface area contributed by atoms with Gasteiger partial charge >= 0.3 is 0 Å². The standard InChI is InChI=1S/C15H22F2N2/c1-2-8-19-9-4-3-5-14(18)15(19)12-10-11(16)6-7-13(12)17/h6-7,10,14-15H,2-5,8-9,18H2,1H3. The Labute approximate surface area is 113 Å². The number of hydrogen-bond acceptors (Lipinski definition) is 2. The molecule has 0 aromatic heterocycles. The number of benzene rings is 1. The molecular formula is C15H22F2N2. The predicted octanol–water partition coefficient (Wildman–Crippen LogP) is 3.23. The first-order valence-electron chi connectivity index (χ1n) is 7.08. The maximum absolute atomic E-state index is 14.0. The maximum Gasteiger partial charge on any atom is 0.128 e. The lowest BCUT2D eigenvalue weighted by atomic mass is 9.95. The van der Waals surface area contributed by atoms with Gasteiger partial charge in [0.25, 0.3) is 0 Å². The Balaban J connectivity index is 2.36. The SMILES string of the molecule is CCCN1CCCCC(N)C1c1cc(F)ccc1F. The van der Waals surface area contributed by atoms with Crippen molar-refractivity contribution in [3.05, 3.63) is 35.4 Å². The monoisotopic (exact) mass is 268 g/mol. The van der Waals surface area contributed by atoms with Gasteiger partial charge in [0.15, 0.2) is 0 Å². The molecular weight excluding hydrogens is 246 g/mol. The maximum atomic E-state index is 14.0.